The molecule has 0 aliphatic carbocycles. The Morgan fingerprint density at radius 3 is 3.20 bits per heavy atom. The molecular formula is C11H14N2O2. The third-order valence-corrected chi connectivity index (χ3v) is 2.83. The lowest BCUT2D eigenvalue weighted by Crippen LogP contribution is -2.19. The summed E-state index contributed by atoms with van der Waals surface area (Å²) in [6.07, 6.45) is 4.68. The van der Waals surface area contributed by atoms with Crippen molar-refractivity contribution in [3.8, 4) is 0 Å². The Hall–Kier alpha value is -1.42. The van der Waals surface area contributed by atoms with Gasteiger partial charge in [0, 0.05) is 18.4 Å². The van der Waals surface area contributed by atoms with Crippen molar-refractivity contribution < 1.29 is 9.90 Å². The standard InChI is InChI=1S/C11H14N2O2/c14-10(15)6-8-3-5-13-11(8)9-2-1-4-12-7-9/h1-2,4,7-8,11,13H,3,5-6H2,(H,14,15)/t8-,11+/m0/s1. The van der Waals surface area contributed by atoms with Gasteiger partial charge in [0.2, 0.25) is 0 Å². The molecule has 2 atom stereocenters. The summed E-state index contributed by atoms with van der Waals surface area (Å²) >= 11 is 0. The molecular weight excluding hydrogens is 192 g/mol. The van der Waals surface area contributed by atoms with Crippen LogP contribution in [-0.4, -0.2) is 22.6 Å². The molecule has 2 heterocycles. The van der Waals surface area contributed by atoms with Crippen LogP contribution in [0.15, 0.2) is 24.5 Å². The molecule has 2 rings (SSSR count). The molecule has 0 saturated carbocycles. The molecule has 1 aromatic heterocycles. The second-order valence-corrected chi connectivity index (χ2v) is 3.86. The van der Waals surface area contributed by atoms with Gasteiger partial charge in [-0.1, -0.05) is 6.07 Å². The molecule has 0 amide bonds. The zero-order valence-electron chi connectivity index (χ0n) is 8.39. The highest BCUT2D eigenvalue weighted by Crippen LogP contribution is 2.31. The highest BCUT2D eigenvalue weighted by molar-refractivity contribution is 5.67. The zero-order chi connectivity index (χ0) is 10.7. The van der Waals surface area contributed by atoms with Crippen molar-refractivity contribution in [2.24, 2.45) is 5.92 Å². The third kappa shape index (κ3) is 2.33. The van der Waals surface area contributed by atoms with E-state index in [1.54, 1.807) is 12.4 Å². The Kier molecular flexibility index (Phi) is 2.97. The minimum Gasteiger partial charge on any atom is -0.481 e. The molecule has 2 N–H and O–H groups in total. The highest BCUT2D eigenvalue weighted by Gasteiger charge is 2.29. The molecule has 0 aromatic carbocycles. The van der Waals surface area contributed by atoms with Crippen LogP contribution in [0.25, 0.3) is 0 Å². The number of aliphatic carboxylic acids is 1. The Labute approximate surface area is 88.3 Å². The first kappa shape index (κ1) is 10.1. The second-order valence-electron chi connectivity index (χ2n) is 3.86. The lowest BCUT2D eigenvalue weighted by atomic mass is 9.92. The van der Waals surface area contributed by atoms with Crippen molar-refractivity contribution in [1.82, 2.24) is 10.3 Å². The Bertz CT molecular complexity index is 340. The molecule has 0 spiro atoms. The van der Waals surface area contributed by atoms with E-state index in [4.69, 9.17) is 5.11 Å². The molecule has 15 heavy (non-hydrogen) atoms. The van der Waals surface area contributed by atoms with Gasteiger partial charge in [0.05, 0.1) is 6.42 Å². The van der Waals surface area contributed by atoms with E-state index in [1.165, 1.54) is 0 Å². The molecule has 1 fully saturated rings. The predicted molar refractivity (Wildman–Crippen MR) is 55.3 cm³/mol. The number of hydrogen-bond acceptors (Lipinski definition) is 3. The van der Waals surface area contributed by atoms with E-state index in [-0.39, 0.29) is 18.4 Å². The van der Waals surface area contributed by atoms with Crippen LogP contribution in [0, 0.1) is 5.92 Å². The van der Waals surface area contributed by atoms with E-state index in [1.807, 2.05) is 12.1 Å². The number of hydrogen-bond donors (Lipinski definition) is 2. The van der Waals surface area contributed by atoms with Crippen molar-refractivity contribution in [1.29, 1.82) is 0 Å². The number of nitrogens with zero attached hydrogens (tertiary/aromatic N) is 1. The van der Waals surface area contributed by atoms with Gasteiger partial charge in [0.1, 0.15) is 0 Å². The smallest absolute Gasteiger partial charge is 0.303 e. The average Bonchev–Trinajstić information content (AvgIpc) is 2.66. The van der Waals surface area contributed by atoms with Gasteiger partial charge >= 0.3 is 5.97 Å². The van der Waals surface area contributed by atoms with Gasteiger partial charge in [-0.25, -0.2) is 0 Å². The Morgan fingerprint density at radius 1 is 1.67 bits per heavy atom. The lowest BCUT2D eigenvalue weighted by Gasteiger charge is -2.17. The minimum absolute atomic E-state index is 0.148. The van der Waals surface area contributed by atoms with Crippen LogP contribution in [0.2, 0.25) is 0 Å². The molecule has 1 aliphatic heterocycles. The lowest BCUT2D eigenvalue weighted by molar-refractivity contribution is -0.138. The molecule has 0 unspecified atom stereocenters. The van der Waals surface area contributed by atoms with E-state index in [9.17, 15) is 4.79 Å². The number of aromatic nitrogens is 1. The van der Waals surface area contributed by atoms with E-state index in [2.05, 4.69) is 10.3 Å². The molecule has 0 radical (unpaired) electrons. The van der Waals surface area contributed by atoms with Gasteiger partial charge in [-0.3, -0.25) is 9.78 Å². The topological polar surface area (TPSA) is 62.2 Å². The van der Waals surface area contributed by atoms with E-state index >= 15 is 0 Å². The maximum Gasteiger partial charge on any atom is 0.303 e. The third-order valence-electron chi connectivity index (χ3n) is 2.83. The predicted octanol–water partition coefficient (Wildman–Crippen LogP) is 1.21. The molecule has 1 saturated heterocycles. The Morgan fingerprint density at radius 2 is 2.53 bits per heavy atom. The van der Waals surface area contributed by atoms with Gasteiger partial charge in [0.25, 0.3) is 0 Å². The fourth-order valence-corrected chi connectivity index (χ4v) is 2.15. The van der Waals surface area contributed by atoms with Crippen molar-refractivity contribution in [3.63, 3.8) is 0 Å². The number of carboxylic acids is 1. The number of pyridine rings is 1. The molecule has 80 valence electrons. The van der Waals surface area contributed by atoms with Gasteiger partial charge in [-0.2, -0.15) is 0 Å². The van der Waals surface area contributed by atoms with Crippen LogP contribution in [-0.2, 0) is 4.79 Å². The van der Waals surface area contributed by atoms with Crippen LogP contribution in [0.3, 0.4) is 0 Å². The quantitative estimate of drug-likeness (QED) is 0.780. The normalized spacial score (nSPS) is 25.3. The first-order chi connectivity index (χ1) is 7.27. The molecule has 1 aliphatic rings. The van der Waals surface area contributed by atoms with Gasteiger partial charge in [-0.15, -0.1) is 0 Å². The summed E-state index contributed by atoms with van der Waals surface area (Å²) < 4.78 is 0. The minimum atomic E-state index is -0.724. The van der Waals surface area contributed by atoms with Crippen molar-refractivity contribution >= 4 is 5.97 Å². The summed E-state index contributed by atoms with van der Waals surface area (Å²) in [5, 5.41) is 12.1. The summed E-state index contributed by atoms with van der Waals surface area (Å²) in [6, 6.07) is 4.02. The number of carboxylic acid groups (broad SMARTS) is 1. The molecule has 1 aromatic rings. The van der Waals surface area contributed by atoms with Crippen LogP contribution in [0.1, 0.15) is 24.4 Å². The largest absolute Gasteiger partial charge is 0.481 e. The monoisotopic (exact) mass is 206 g/mol. The first-order valence-corrected chi connectivity index (χ1v) is 5.12. The summed E-state index contributed by atoms with van der Waals surface area (Å²) in [5.74, 6) is -0.538. The summed E-state index contributed by atoms with van der Waals surface area (Å²) in [4.78, 5) is 14.7. The van der Waals surface area contributed by atoms with Crippen LogP contribution in [0.4, 0.5) is 0 Å². The molecule has 4 heteroatoms. The first-order valence-electron chi connectivity index (χ1n) is 5.12. The summed E-state index contributed by atoms with van der Waals surface area (Å²) in [5.41, 5.74) is 1.08. The maximum atomic E-state index is 10.7. The van der Waals surface area contributed by atoms with Gasteiger partial charge in [-0.05, 0) is 30.5 Å². The number of nitrogens with one attached hydrogen (secondary N) is 1. The summed E-state index contributed by atoms with van der Waals surface area (Å²) in [7, 11) is 0. The van der Waals surface area contributed by atoms with Crippen LogP contribution in [0.5, 0.6) is 0 Å². The van der Waals surface area contributed by atoms with Crippen molar-refractivity contribution in [3.05, 3.63) is 30.1 Å². The molecule has 4 nitrogen and oxygen atoms in total. The number of rotatable bonds is 3. The van der Waals surface area contributed by atoms with Crippen LogP contribution >= 0.6 is 0 Å². The van der Waals surface area contributed by atoms with Crippen molar-refractivity contribution in [2.45, 2.75) is 18.9 Å². The van der Waals surface area contributed by atoms with Crippen molar-refractivity contribution in [2.75, 3.05) is 6.54 Å². The van der Waals surface area contributed by atoms with Gasteiger partial charge in [0.15, 0.2) is 0 Å². The van der Waals surface area contributed by atoms with Gasteiger partial charge < -0.3 is 10.4 Å². The van der Waals surface area contributed by atoms with E-state index < -0.39 is 5.97 Å². The van der Waals surface area contributed by atoms with E-state index in [0.29, 0.717) is 0 Å². The zero-order valence-corrected chi connectivity index (χ0v) is 8.39. The summed E-state index contributed by atoms with van der Waals surface area (Å²) in [6.45, 7) is 0.886. The maximum absolute atomic E-state index is 10.7. The fourth-order valence-electron chi connectivity index (χ4n) is 2.15. The van der Waals surface area contributed by atoms with E-state index in [0.717, 1.165) is 18.5 Å². The Balaban J connectivity index is 2.11. The highest BCUT2D eigenvalue weighted by atomic mass is 16.4. The second kappa shape index (κ2) is 4.40. The number of carbonyl (C=O) groups is 1. The average molecular weight is 206 g/mol. The fraction of sp³-hybridized carbons (Fsp3) is 0.455. The SMILES string of the molecule is O=C(O)C[C@@H]1CCN[C@H]1c1cccnc1. The van der Waals surface area contributed by atoms with Crippen LogP contribution < -0.4 is 5.32 Å². The molecule has 0 bridgehead atoms.